The molecule has 3 rings (SSSR count). The van der Waals surface area contributed by atoms with Crippen LogP contribution in [0, 0.1) is 0 Å². The van der Waals surface area contributed by atoms with Crippen LogP contribution in [0.4, 0.5) is 0 Å². The van der Waals surface area contributed by atoms with Crippen molar-refractivity contribution in [1.29, 1.82) is 0 Å². The van der Waals surface area contributed by atoms with Crippen molar-refractivity contribution >= 4 is 11.8 Å². The van der Waals surface area contributed by atoms with E-state index < -0.39 is 6.10 Å². The van der Waals surface area contributed by atoms with Crippen LogP contribution in [0.5, 0.6) is 0 Å². The maximum atomic E-state index is 12.4. The molecule has 5 nitrogen and oxygen atoms in total. The molecule has 0 spiro atoms. The van der Waals surface area contributed by atoms with Crippen LogP contribution in [0.3, 0.4) is 0 Å². The molecule has 0 fully saturated rings. The standard InChI is InChI=1S/C17H18N2O3/c1-11(16(20)12-6-3-2-4-7-12)22-17(21)14-9-5-8-13-10-18-19-15(13)14/h2-4,6-7,10-11,14H,5,8-9H2,1H3,(H,18,19)/t11-,14+/m1/s1. The molecule has 0 saturated heterocycles. The van der Waals surface area contributed by atoms with Crippen molar-refractivity contribution < 1.29 is 14.3 Å². The van der Waals surface area contributed by atoms with Gasteiger partial charge in [-0.25, -0.2) is 0 Å². The fourth-order valence-electron chi connectivity index (χ4n) is 2.85. The van der Waals surface area contributed by atoms with Gasteiger partial charge in [0.2, 0.25) is 5.78 Å². The molecule has 0 radical (unpaired) electrons. The van der Waals surface area contributed by atoms with Gasteiger partial charge in [-0.1, -0.05) is 30.3 Å². The quantitative estimate of drug-likeness (QED) is 0.695. The molecule has 0 saturated carbocycles. The van der Waals surface area contributed by atoms with Gasteiger partial charge < -0.3 is 4.74 Å². The number of aryl methyl sites for hydroxylation is 1. The van der Waals surface area contributed by atoms with Crippen molar-refractivity contribution in [1.82, 2.24) is 10.2 Å². The highest BCUT2D eigenvalue weighted by Gasteiger charge is 2.31. The maximum absolute atomic E-state index is 12.4. The first kappa shape index (κ1) is 14.5. The van der Waals surface area contributed by atoms with Gasteiger partial charge in [-0.05, 0) is 31.7 Å². The smallest absolute Gasteiger partial charge is 0.315 e. The number of carbonyl (C=O) groups is 2. The van der Waals surface area contributed by atoms with Crippen molar-refractivity contribution in [2.75, 3.05) is 0 Å². The molecule has 2 aromatic rings. The molecule has 1 aliphatic rings. The summed E-state index contributed by atoms with van der Waals surface area (Å²) in [6, 6.07) is 8.87. The summed E-state index contributed by atoms with van der Waals surface area (Å²) in [6.07, 6.45) is 3.54. The Balaban J connectivity index is 1.69. The second kappa shape index (κ2) is 6.13. The number of hydrogen-bond donors (Lipinski definition) is 1. The number of rotatable bonds is 4. The molecule has 114 valence electrons. The third-order valence-electron chi connectivity index (χ3n) is 4.04. The summed E-state index contributed by atoms with van der Waals surface area (Å²) < 4.78 is 5.40. The van der Waals surface area contributed by atoms with E-state index in [4.69, 9.17) is 4.74 Å². The number of carbonyl (C=O) groups excluding carboxylic acids is 2. The van der Waals surface area contributed by atoms with Crippen LogP contribution in [0.2, 0.25) is 0 Å². The highest BCUT2D eigenvalue weighted by molar-refractivity contribution is 6.00. The van der Waals surface area contributed by atoms with Gasteiger partial charge in [-0.3, -0.25) is 14.7 Å². The summed E-state index contributed by atoms with van der Waals surface area (Å²) in [5, 5.41) is 6.89. The molecule has 0 aliphatic heterocycles. The lowest BCUT2D eigenvalue weighted by atomic mass is 9.88. The fraction of sp³-hybridized carbons (Fsp3) is 0.353. The Kier molecular flexibility index (Phi) is 4.04. The number of ether oxygens (including phenoxy) is 1. The van der Waals surface area contributed by atoms with Gasteiger partial charge in [0.25, 0.3) is 0 Å². The van der Waals surface area contributed by atoms with E-state index >= 15 is 0 Å². The minimum atomic E-state index is -0.789. The predicted octanol–water partition coefficient (Wildman–Crippen LogP) is 2.64. The number of hydrogen-bond acceptors (Lipinski definition) is 4. The number of H-pyrrole nitrogens is 1. The Morgan fingerprint density at radius 1 is 1.32 bits per heavy atom. The van der Waals surface area contributed by atoms with Crippen LogP contribution in [0.1, 0.15) is 47.3 Å². The van der Waals surface area contributed by atoms with E-state index in [0.29, 0.717) is 5.56 Å². The van der Waals surface area contributed by atoms with Crippen molar-refractivity contribution in [3.63, 3.8) is 0 Å². The summed E-state index contributed by atoms with van der Waals surface area (Å²) in [5.41, 5.74) is 2.44. The van der Waals surface area contributed by atoms with Gasteiger partial charge in [0, 0.05) is 5.56 Å². The van der Waals surface area contributed by atoms with Crippen molar-refractivity contribution in [2.24, 2.45) is 0 Å². The molecule has 1 heterocycles. The lowest BCUT2D eigenvalue weighted by Crippen LogP contribution is -2.29. The highest BCUT2D eigenvalue weighted by Crippen LogP contribution is 2.31. The number of fused-ring (bicyclic) bond motifs is 1. The Morgan fingerprint density at radius 2 is 2.09 bits per heavy atom. The van der Waals surface area contributed by atoms with E-state index in [1.807, 2.05) is 6.07 Å². The lowest BCUT2D eigenvalue weighted by Gasteiger charge is -2.22. The van der Waals surface area contributed by atoms with E-state index in [0.717, 1.165) is 30.5 Å². The molecule has 0 unspecified atom stereocenters. The summed E-state index contributed by atoms with van der Waals surface area (Å²) in [7, 11) is 0. The van der Waals surface area contributed by atoms with Crippen LogP contribution < -0.4 is 0 Å². The number of nitrogens with zero attached hydrogens (tertiary/aromatic N) is 1. The van der Waals surface area contributed by atoms with Gasteiger partial charge in [0.05, 0.1) is 17.8 Å². The fourth-order valence-corrected chi connectivity index (χ4v) is 2.85. The zero-order valence-corrected chi connectivity index (χ0v) is 12.4. The lowest BCUT2D eigenvalue weighted by molar-refractivity contribution is -0.148. The van der Waals surface area contributed by atoms with E-state index in [1.54, 1.807) is 37.4 Å². The largest absolute Gasteiger partial charge is 0.454 e. The van der Waals surface area contributed by atoms with Crippen LogP contribution in [0.15, 0.2) is 36.5 Å². The normalized spacial score (nSPS) is 18.3. The van der Waals surface area contributed by atoms with E-state index in [2.05, 4.69) is 10.2 Å². The number of benzene rings is 1. The second-order valence-corrected chi connectivity index (χ2v) is 5.56. The van der Waals surface area contributed by atoms with E-state index in [-0.39, 0.29) is 17.7 Å². The minimum Gasteiger partial charge on any atom is -0.454 e. The first-order chi connectivity index (χ1) is 10.7. The van der Waals surface area contributed by atoms with Gasteiger partial charge in [-0.2, -0.15) is 5.10 Å². The molecule has 22 heavy (non-hydrogen) atoms. The number of aromatic nitrogens is 2. The molecule has 2 atom stereocenters. The van der Waals surface area contributed by atoms with Crippen LogP contribution >= 0.6 is 0 Å². The van der Waals surface area contributed by atoms with Crippen LogP contribution in [0.25, 0.3) is 0 Å². The molecule has 1 N–H and O–H groups in total. The Hall–Kier alpha value is -2.43. The topological polar surface area (TPSA) is 72.0 Å². The third-order valence-corrected chi connectivity index (χ3v) is 4.04. The predicted molar refractivity (Wildman–Crippen MR) is 80.6 cm³/mol. The van der Waals surface area contributed by atoms with E-state index in [9.17, 15) is 9.59 Å². The van der Waals surface area contributed by atoms with Crippen molar-refractivity contribution in [3.8, 4) is 0 Å². The molecular formula is C17H18N2O3. The van der Waals surface area contributed by atoms with Crippen LogP contribution in [-0.4, -0.2) is 28.1 Å². The summed E-state index contributed by atoms with van der Waals surface area (Å²) >= 11 is 0. The second-order valence-electron chi connectivity index (χ2n) is 5.56. The maximum Gasteiger partial charge on any atom is 0.315 e. The zero-order chi connectivity index (χ0) is 15.5. The average Bonchev–Trinajstić information content (AvgIpc) is 3.03. The average molecular weight is 298 g/mol. The van der Waals surface area contributed by atoms with Gasteiger partial charge >= 0.3 is 5.97 Å². The summed E-state index contributed by atoms with van der Waals surface area (Å²) in [4.78, 5) is 24.6. The molecule has 1 aliphatic carbocycles. The number of nitrogens with one attached hydrogen (secondary N) is 1. The Bertz CT molecular complexity index is 678. The van der Waals surface area contributed by atoms with Crippen molar-refractivity contribution in [2.45, 2.75) is 38.2 Å². The first-order valence-electron chi connectivity index (χ1n) is 7.48. The molecule has 1 aromatic heterocycles. The number of esters is 1. The molecule has 0 amide bonds. The summed E-state index contributed by atoms with van der Waals surface area (Å²) in [5.74, 6) is -0.895. The Labute approximate surface area is 128 Å². The zero-order valence-electron chi connectivity index (χ0n) is 12.4. The minimum absolute atomic E-state index is 0.186. The van der Waals surface area contributed by atoms with Gasteiger partial charge in [0.15, 0.2) is 6.10 Å². The van der Waals surface area contributed by atoms with Gasteiger partial charge in [-0.15, -0.1) is 0 Å². The highest BCUT2D eigenvalue weighted by atomic mass is 16.5. The third kappa shape index (κ3) is 2.79. The Morgan fingerprint density at radius 3 is 2.86 bits per heavy atom. The molecule has 5 heteroatoms. The molecule has 1 aromatic carbocycles. The molecule has 0 bridgehead atoms. The molecular weight excluding hydrogens is 280 g/mol. The van der Waals surface area contributed by atoms with Crippen LogP contribution in [-0.2, 0) is 16.0 Å². The first-order valence-corrected chi connectivity index (χ1v) is 7.48. The number of aromatic amines is 1. The van der Waals surface area contributed by atoms with Crippen molar-refractivity contribution in [3.05, 3.63) is 53.3 Å². The van der Waals surface area contributed by atoms with Gasteiger partial charge in [0.1, 0.15) is 0 Å². The summed E-state index contributed by atoms with van der Waals surface area (Å²) in [6.45, 7) is 1.62. The number of Topliss-reactive ketones (excluding diaryl/α,β-unsaturated/α-hetero) is 1. The monoisotopic (exact) mass is 298 g/mol. The SMILES string of the molecule is C[C@@H](OC(=O)[C@H]1CCCc2cn[nH]c21)C(=O)c1ccccc1. The number of ketones is 1. The van der Waals surface area contributed by atoms with E-state index in [1.165, 1.54) is 0 Å².